The molecule has 1 heterocycles. The number of unbranched alkanes of at least 4 members (excludes halogenated alkanes) is 1. The van der Waals surface area contributed by atoms with Gasteiger partial charge in [-0.15, -0.1) is 0 Å². The van der Waals surface area contributed by atoms with Gasteiger partial charge in [-0.2, -0.15) is 0 Å². The molecule has 0 saturated carbocycles. The molecule has 2 rings (SSSR count). The molecule has 0 spiro atoms. The Hall–Kier alpha value is -0.590. The zero-order chi connectivity index (χ0) is 15.1. The molecule has 1 aliphatic heterocycles. The van der Waals surface area contributed by atoms with E-state index in [1.54, 1.807) is 0 Å². The minimum atomic E-state index is -0.173. The van der Waals surface area contributed by atoms with Crippen LogP contribution in [0.15, 0.2) is 36.4 Å². The van der Waals surface area contributed by atoms with Gasteiger partial charge >= 0.3 is 0 Å². The predicted octanol–water partition coefficient (Wildman–Crippen LogP) is 4.91. The summed E-state index contributed by atoms with van der Waals surface area (Å²) in [5.74, 6) is 1.34. The monoisotopic (exact) mass is 401 g/mol. The van der Waals surface area contributed by atoms with Crippen LogP contribution in [0, 0.1) is 5.92 Å². The number of rotatable bonds is 6. The molecule has 116 valence electrons. The molecular weight excluding hydrogens is 377 g/mol. The standard InChI is InChI=1S/C17H24INO2/c1-2-3-4-5-8-13-11-12-16(19)20-17(13)14-9-6-7-10-15(14)21-18/h4-7,9-10,13,16-17H,2-3,8,11-12,19H2,1H3/b5-4-. The van der Waals surface area contributed by atoms with Crippen molar-refractivity contribution < 1.29 is 7.80 Å². The molecule has 0 amide bonds. The van der Waals surface area contributed by atoms with Gasteiger partial charge in [-0.1, -0.05) is 43.7 Å². The Morgan fingerprint density at radius 3 is 2.90 bits per heavy atom. The summed E-state index contributed by atoms with van der Waals surface area (Å²) in [6.07, 6.45) is 9.80. The molecule has 0 bridgehead atoms. The maximum Gasteiger partial charge on any atom is 0.192 e. The normalized spacial score (nSPS) is 26.1. The van der Waals surface area contributed by atoms with Gasteiger partial charge in [0, 0.05) is 5.56 Å². The van der Waals surface area contributed by atoms with E-state index < -0.39 is 0 Å². The maximum absolute atomic E-state index is 6.05. The van der Waals surface area contributed by atoms with Crippen LogP contribution in [0.1, 0.15) is 50.7 Å². The van der Waals surface area contributed by atoms with Gasteiger partial charge in [0.15, 0.2) is 23.0 Å². The number of halogens is 1. The summed E-state index contributed by atoms with van der Waals surface area (Å²) < 4.78 is 11.5. The highest BCUT2D eigenvalue weighted by atomic mass is 127. The lowest BCUT2D eigenvalue weighted by atomic mass is 9.86. The zero-order valence-corrected chi connectivity index (χ0v) is 14.7. The Balaban J connectivity index is 2.14. The summed E-state index contributed by atoms with van der Waals surface area (Å²) in [6, 6.07) is 8.08. The highest BCUT2D eigenvalue weighted by Crippen LogP contribution is 2.41. The largest absolute Gasteiger partial charge is 0.427 e. The van der Waals surface area contributed by atoms with Gasteiger partial charge in [-0.3, -0.25) is 0 Å². The lowest BCUT2D eigenvalue weighted by molar-refractivity contribution is -0.0823. The Bertz CT molecular complexity index is 464. The smallest absolute Gasteiger partial charge is 0.192 e. The molecule has 1 aromatic carbocycles. The molecule has 3 unspecified atom stereocenters. The van der Waals surface area contributed by atoms with E-state index in [4.69, 9.17) is 13.5 Å². The van der Waals surface area contributed by atoms with Crippen LogP contribution in [0.5, 0.6) is 5.75 Å². The van der Waals surface area contributed by atoms with Crippen molar-refractivity contribution in [3.8, 4) is 5.75 Å². The van der Waals surface area contributed by atoms with Crippen molar-refractivity contribution in [3.63, 3.8) is 0 Å². The average molecular weight is 401 g/mol. The van der Waals surface area contributed by atoms with Crippen LogP contribution in [-0.2, 0) is 4.74 Å². The summed E-state index contributed by atoms with van der Waals surface area (Å²) >= 11 is 1.93. The third-order valence-corrected chi connectivity index (χ3v) is 4.42. The number of hydrogen-bond donors (Lipinski definition) is 1. The minimum Gasteiger partial charge on any atom is -0.427 e. The SMILES string of the molecule is CCC/C=C\CC1CCC(N)OC1c1ccccc1OI. The number of benzene rings is 1. The molecule has 0 aromatic heterocycles. The van der Waals surface area contributed by atoms with Crippen LogP contribution >= 0.6 is 23.0 Å². The third kappa shape index (κ3) is 4.69. The van der Waals surface area contributed by atoms with Gasteiger partial charge in [0.25, 0.3) is 0 Å². The second-order valence-electron chi connectivity index (χ2n) is 5.54. The van der Waals surface area contributed by atoms with Gasteiger partial charge in [0.1, 0.15) is 12.0 Å². The molecule has 0 radical (unpaired) electrons. The summed E-state index contributed by atoms with van der Waals surface area (Å²) in [7, 11) is 0. The Kier molecular flexibility index (Phi) is 6.99. The van der Waals surface area contributed by atoms with Crippen LogP contribution in [0.2, 0.25) is 0 Å². The molecule has 0 aliphatic carbocycles. The zero-order valence-electron chi connectivity index (χ0n) is 12.5. The predicted molar refractivity (Wildman–Crippen MR) is 94.3 cm³/mol. The number of para-hydroxylation sites is 1. The van der Waals surface area contributed by atoms with E-state index in [-0.39, 0.29) is 12.3 Å². The van der Waals surface area contributed by atoms with Crippen LogP contribution in [0.25, 0.3) is 0 Å². The fourth-order valence-electron chi connectivity index (χ4n) is 2.81. The van der Waals surface area contributed by atoms with Crippen molar-refractivity contribution in [1.82, 2.24) is 0 Å². The van der Waals surface area contributed by atoms with E-state index in [2.05, 4.69) is 25.1 Å². The minimum absolute atomic E-state index is 0.0194. The van der Waals surface area contributed by atoms with Gasteiger partial charge in [-0.25, -0.2) is 0 Å². The molecule has 21 heavy (non-hydrogen) atoms. The van der Waals surface area contributed by atoms with Gasteiger partial charge in [-0.05, 0) is 37.7 Å². The Morgan fingerprint density at radius 2 is 2.14 bits per heavy atom. The van der Waals surface area contributed by atoms with Crippen LogP contribution in [-0.4, -0.2) is 6.23 Å². The topological polar surface area (TPSA) is 44.5 Å². The fraction of sp³-hybridized carbons (Fsp3) is 0.529. The van der Waals surface area contributed by atoms with Gasteiger partial charge in [0.2, 0.25) is 0 Å². The van der Waals surface area contributed by atoms with Gasteiger partial charge < -0.3 is 13.5 Å². The summed E-state index contributed by atoms with van der Waals surface area (Å²) in [4.78, 5) is 0. The Labute approximate surface area is 141 Å². The van der Waals surface area contributed by atoms with Crippen molar-refractivity contribution >= 4 is 23.0 Å². The first kappa shape index (κ1) is 16.8. The number of hydrogen-bond acceptors (Lipinski definition) is 3. The van der Waals surface area contributed by atoms with Crippen molar-refractivity contribution in [1.29, 1.82) is 0 Å². The van der Waals surface area contributed by atoms with Crippen LogP contribution < -0.4 is 8.80 Å². The molecular formula is C17H24INO2. The molecule has 1 fully saturated rings. The molecule has 3 nitrogen and oxygen atoms in total. The second-order valence-corrected chi connectivity index (χ2v) is 5.98. The van der Waals surface area contributed by atoms with E-state index in [0.29, 0.717) is 5.92 Å². The molecule has 1 aromatic rings. The molecule has 3 atom stereocenters. The van der Waals surface area contributed by atoms with E-state index in [1.165, 1.54) is 6.42 Å². The molecule has 1 saturated heterocycles. The quantitative estimate of drug-likeness (QED) is 0.544. The molecule has 4 heteroatoms. The van der Waals surface area contributed by atoms with E-state index in [1.807, 2.05) is 41.2 Å². The van der Waals surface area contributed by atoms with Crippen LogP contribution in [0.4, 0.5) is 0 Å². The number of allylic oxidation sites excluding steroid dienone is 2. The second kappa shape index (κ2) is 8.76. The summed E-state index contributed by atoms with van der Waals surface area (Å²) in [6.45, 7) is 2.20. The van der Waals surface area contributed by atoms with Crippen LogP contribution in [0.3, 0.4) is 0 Å². The first-order valence-electron chi connectivity index (χ1n) is 7.69. The van der Waals surface area contributed by atoms with Crippen molar-refractivity contribution in [2.45, 2.75) is 51.4 Å². The van der Waals surface area contributed by atoms with E-state index in [9.17, 15) is 0 Å². The molecule has 1 aliphatic rings. The van der Waals surface area contributed by atoms with Gasteiger partial charge in [0.05, 0.1) is 6.10 Å². The fourth-order valence-corrected chi connectivity index (χ4v) is 3.21. The highest BCUT2D eigenvalue weighted by Gasteiger charge is 2.32. The van der Waals surface area contributed by atoms with Crippen molar-refractivity contribution in [2.24, 2.45) is 11.7 Å². The number of nitrogens with two attached hydrogens (primary N) is 1. The average Bonchev–Trinajstić information content (AvgIpc) is 2.52. The first-order valence-corrected chi connectivity index (χ1v) is 8.58. The lowest BCUT2D eigenvalue weighted by Gasteiger charge is -2.35. The lowest BCUT2D eigenvalue weighted by Crippen LogP contribution is -2.34. The van der Waals surface area contributed by atoms with E-state index in [0.717, 1.165) is 37.0 Å². The Morgan fingerprint density at radius 1 is 1.33 bits per heavy atom. The molecule has 2 N–H and O–H groups in total. The first-order chi connectivity index (χ1) is 10.3. The highest BCUT2D eigenvalue weighted by molar-refractivity contribution is 14.1. The van der Waals surface area contributed by atoms with E-state index >= 15 is 0 Å². The third-order valence-electron chi connectivity index (χ3n) is 3.94. The maximum atomic E-state index is 6.05. The summed E-state index contributed by atoms with van der Waals surface area (Å²) in [5.41, 5.74) is 7.12. The summed E-state index contributed by atoms with van der Waals surface area (Å²) in [5, 5.41) is 0. The van der Waals surface area contributed by atoms with Crippen molar-refractivity contribution in [3.05, 3.63) is 42.0 Å². The van der Waals surface area contributed by atoms with Crippen molar-refractivity contribution in [2.75, 3.05) is 0 Å². The number of ether oxygens (including phenoxy) is 1.